The summed E-state index contributed by atoms with van der Waals surface area (Å²) in [6.07, 6.45) is 3.65. The number of nitriles is 1. The van der Waals surface area contributed by atoms with Crippen LogP contribution in [-0.4, -0.2) is 22.9 Å². The summed E-state index contributed by atoms with van der Waals surface area (Å²) in [5, 5.41) is 10.1. The third-order valence-corrected chi connectivity index (χ3v) is 9.13. The molecule has 0 fully saturated rings. The largest absolute Gasteiger partial charge is 0.499 e. The molecular weight excluding hydrogens is 771 g/mol. The van der Waals surface area contributed by atoms with Crippen LogP contribution in [-0.2, 0) is 20.4 Å². The van der Waals surface area contributed by atoms with Gasteiger partial charge in [0.15, 0.2) is 0 Å². The van der Waals surface area contributed by atoms with E-state index in [0.717, 1.165) is 45.5 Å². The summed E-state index contributed by atoms with van der Waals surface area (Å²) < 4.78 is 0. The molecule has 0 spiro atoms. The molecule has 0 atom stereocenters. The molecule has 55 heavy (non-hydrogen) atoms. The van der Waals surface area contributed by atoms with E-state index in [9.17, 15) is 5.26 Å². The van der Waals surface area contributed by atoms with Gasteiger partial charge in [-0.05, 0) is 54.7 Å². The number of nitrogens with zero attached hydrogens (tertiary/aromatic N) is 8. The predicted octanol–water partition coefficient (Wildman–Crippen LogP) is 10.5. The van der Waals surface area contributed by atoms with Crippen molar-refractivity contribution in [1.29, 1.82) is 5.26 Å². The van der Waals surface area contributed by atoms with E-state index in [0.29, 0.717) is 24.6 Å². The first kappa shape index (κ1) is 36.6. The van der Waals surface area contributed by atoms with Gasteiger partial charge >= 0.3 is 0 Å². The summed E-state index contributed by atoms with van der Waals surface area (Å²) in [6.45, 7) is 12.7. The Hall–Kier alpha value is -6.76. The number of hydrogen-bond acceptors (Lipinski definition) is 7. The molecular formula is C46H34N8Pd-4. The molecule has 0 aliphatic carbocycles. The van der Waals surface area contributed by atoms with Crippen LogP contribution in [0.1, 0.15) is 0 Å². The van der Waals surface area contributed by atoms with Gasteiger partial charge in [0.1, 0.15) is 11.8 Å². The zero-order chi connectivity index (χ0) is 36.7. The van der Waals surface area contributed by atoms with Crippen LogP contribution in [0.5, 0.6) is 0 Å². The van der Waals surface area contributed by atoms with Gasteiger partial charge in [-0.1, -0.05) is 97.4 Å². The van der Waals surface area contributed by atoms with Gasteiger partial charge < -0.3 is 34.2 Å². The van der Waals surface area contributed by atoms with E-state index in [4.69, 9.17) is 6.57 Å². The predicted molar refractivity (Wildman–Crippen MR) is 215 cm³/mol. The van der Waals surface area contributed by atoms with E-state index in [1.807, 2.05) is 142 Å². The molecule has 0 aromatic heterocycles. The Kier molecular flexibility index (Phi) is 11.3. The second kappa shape index (κ2) is 16.9. The number of allylic oxidation sites excluding steroid dienone is 1. The van der Waals surface area contributed by atoms with E-state index in [2.05, 4.69) is 93.5 Å². The number of para-hydroxylation sites is 4. The first-order valence-electron chi connectivity index (χ1n) is 17.5. The van der Waals surface area contributed by atoms with Gasteiger partial charge in [-0.25, -0.2) is 0 Å². The Bertz CT molecular complexity index is 2110. The van der Waals surface area contributed by atoms with Crippen LogP contribution in [0.25, 0.3) is 4.85 Å². The van der Waals surface area contributed by atoms with Crippen LogP contribution in [0.2, 0.25) is 0 Å². The molecule has 0 saturated heterocycles. The van der Waals surface area contributed by atoms with Gasteiger partial charge in [0.25, 0.3) is 0 Å². The standard InChI is InChI=1S/C46H34N8.Pd/c1-48-46-34-52(42-25-15-27-44(31-42)54(39-20-10-4-11-21-39)40-22-12-5-13-23-40)36-50(46)29-28-49-35-51(33-45(49)32-47)41-24-14-26-43(30-41)53(37-16-6-2-7-17-37)38-18-8-3-9-19-38;/h2-23,26-27,30-31,33-36H,28-29H2;/q-4;. The van der Waals surface area contributed by atoms with E-state index < -0.39 is 0 Å². The van der Waals surface area contributed by atoms with Gasteiger partial charge in [-0.2, -0.15) is 36.2 Å². The Morgan fingerprint density at radius 3 is 1.38 bits per heavy atom. The summed E-state index contributed by atoms with van der Waals surface area (Å²) in [4.78, 5) is 15.9. The SMILES string of the molecule is [C-]#[N+]C1=CN(c2[c-]ccc(N(c3ccccc3)c3ccccc3)c2)[CH-]N1CCN1[CH-]N(c2[c-]ccc(N(c3ccccc3)c3ccccc3)c2)C=C1C#N.[Pd]. The normalized spacial score (nSPS) is 13.3. The summed E-state index contributed by atoms with van der Waals surface area (Å²) in [5.74, 6) is 0.485. The quantitative estimate of drug-likeness (QED) is 0.0955. The van der Waals surface area contributed by atoms with E-state index >= 15 is 0 Å². The number of benzene rings is 6. The smallest absolute Gasteiger partial charge is 0.211 e. The number of anilines is 8. The summed E-state index contributed by atoms with van der Waals surface area (Å²) in [7, 11) is 0. The van der Waals surface area contributed by atoms with Gasteiger partial charge in [-0.15, -0.1) is 35.6 Å². The number of rotatable bonds is 11. The zero-order valence-corrected chi connectivity index (χ0v) is 31.2. The average Bonchev–Trinajstić information content (AvgIpc) is 3.86. The Labute approximate surface area is 336 Å². The minimum absolute atomic E-state index is 0. The fourth-order valence-corrected chi connectivity index (χ4v) is 6.57. The van der Waals surface area contributed by atoms with Crippen molar-refractivity contribution in [3.63, 3.8) is 0 Å². The number of hydrogen-bond donors (Lipinski definition) is 0. The fourth-order valence-electron chi connectivity index (χ4n) is 6.57. The van der Waals surface area contributed by atoms with Crippen molar-refractivity contribution in [1.82, 2.24) is 9.80 Å². The molecule has 0 N–H and O–H groups in total. The van der Waals surface area contributed by atoms with Gasteiger partial charge in [0.05, 0.1) is 6.54 Å². The van der Waals surface area contributed by atoms with Crippen LogP contribution in [0, 0.1) is 43.4 Å². The Morgan fingerprint density at radius 1 is 0.564 bits per heavy atom. The van der Waals surface area contributed by atoms with E-state index in [1.54, 1.807) is 0 Å². The van der Waals surface area contributed by atoms with Crippen LogP contribution >= 0.6 is 0 Å². The van der Waals surface area contributed by atoms with Crippen LogP contribution in [0.4, 0.5) is 45.5 Å². The maximum atomic E-state index is 10.1. The van der Waals surface area contributed by atoms with Crippen molar-refractivity contribution in [3.8, 4) is 6.07 Å². The monoisotopic (exact) mass is 804 g/mol. The molecule has 0 saturated carbocycles. The van der Waals surface area contributed by atoms with Gasteiger partial charge in [-0.3, -0.25) is 0 Å². The van der Waals surface area contributed by atoms with Crippen molar-refractivity contribution in [2.45, 2.75) is 0 Å². The molecule has 0 bridgehead atoms. The van der Waals surface area contributed by atoms with Gasteiger partial charge in [0, 0.05) is 55.9 Å². The van der Waals surface area contributed by atoms with Crippen molar-refractivity contribution in [2.75, 3.05) is 32.7 Å². The minimum Gasteiger partial charge on any atom is -0.499 e. The summed E-state index contributed by atoms with van der Waals surface area (Å²) >= 11 is 0. The van der Waals surface area contributed by atoms with Gasteiger partial charge in [0.2, 0.25) is 5.82 Å². The molecule has 2 heterocycles. The van der Waals surface area contributed by atoms with Crippen molar-refractivity contribution < 1.29 is 20.4 Å². The summed E-state index contributed by atoms with van der Waals surface area (Å²) in [6, 6.07) is 62.1. The molecule has 272 valence electrons. The molecule has 0 unspecified atom stereocenters. The van der Waals surface area contributed by atoms with Crippen molar-refractivity contribution in [2.24, 2.45) is 0 Å². The molecule has 8 nitrogen and oxygen atoms in total. The Balaban J connectivity index is 0.00000465. The van der Waals surface area contributed by atoms with Crippen LogP contribution in [0.15, 0.2) is 182 Å². The molecule has 6 aromatic rings. The van der Waals surface area contributed by atoms with Crippen LogP contribution < -0.4 is 19.6 Å². The molecule has 8 rings (SSSR count). The molecule has 0 radical (unpaired) electrons. The molecule has 0 amide bonds. The Morgan fingerprint density at radius 2 is 0.964 bits per heavy atom. The maximum Gasteiger partial charge on any atom is 0.211 e. The third-order valence-electron chi connectivity index (χ3n) is 9.13. The molecule has 9 heteroatoms. The van der Waals surface area contributed by atoms with Crippen molar-refractivity contribution in [3.05, 3.63) is 219 Å². The molecule has 2 aliphatic heterocycles. The van der Waals surface area contributed by atoms with E-state index in [-0.39, 0.29) is 20.4 Å². The zero-order valence-electron chi connectivity index (χ0n) is 29.6. The molecule has 6 aromatic carbocycles. The molecule has 2 aliphatic rings. The first-order chi connectivity index (χ1) is 26.7. The van der Waals surface area contributed by atoms with Crippen LogP contribution in [0.3, 0.4) is 0 Å². The summed E-state index contributed by atoms with van der Waals surface area (Å²) in [5.41, 5.74) is 8.20. The van der Waals surface area contributed by atoms with E-state index in [1.165, 1.54) is 0 Å². The van der Waals surface area contributed by atoms with Crippen molar-refractivity contribution >= 4 is 45.5 Å². The minimum atomic E-state index is 0. The first-order valence-corrected chi connectivity index (χ1v) is 17.5. The maximum absolute atomic E-state index is 10.1. The second-order valence-corrected chi connectivity index (χ2v) is 12.5. The second-order valence-electron chi connectivity index (χ2n) is 12.5. The fraction of sp³-hybridized carbons (Fsp3) is 0.0435. The topological polar surface area (TPSA) is 47.6 Å². The third kappa shape index (κ3) is 7.96. The average molecular weight is 805 g/mol.